The maximum atomic E-state index is 6.70. The Balaban J connectivity index is 1.23. The molecule has 1 saturated heterocycles. The number of halogens is 1. The standard InChI is InChI=1S/C36H34ClN5O/c1-4-24-17-26-13-14-38-35(33(26)39-20-24)40-31-12-8-10-28(23(31)3)27-9-7-11-29(22(27)2)36-41-32-19-25(18-30(37)34(32)43-36)21-42-15-5-6-16-42/h7-14,17-20H,4-6,15-16,21H2,1-3H3,(H,38,40). The van der Waals surface area contributed by atoms with Crippen molar-refractivity contribution in [2.24, 2.45) is 0 Å². The van der Waals surface area contributed by atoms with Gasteiger partial charge in [-0.25, -0.2) is 9.97 Å². The molecule has 0 radical (unpaired) electrons. The lowest BCUT2D eigenvalue weighted by Gasteiger charge is -2.16. The normalized spacial score (nSPS) is 13.8. The quantitative estimate of drug-likeness (QED) is 0.201. The molecule has 3 aromatic heterocycles. The first-order chi connectivity index (χ1) is 21.0. The molecule has 0 saturated carbocycles. The number of aryl methyl sites for hydroxylation is 1. The van der Waals surface area contributed by atoms with Gasteiger partial charge in [0.05, 0.1) is 5.02 Å². The van der Waals surface area contributed by atoms with Gasteiger partial charge in [-0.3, -0.25) is 9.88 Å². The zero-order valence-electron chi connectivity index (χ0n) is 24.7. The van der Waals surface area contributed by atoms with Gasteiger partial charge in [0.15, 0.2) is 11.4 Å². The molecule has 0 spiro atoms. The van der Waals surface area contributed by atoms with Crippen LogP contribution < -0.4 is 5.32 Å². The molecule has 1 aliphatic heterocycles. The van der Waals surface area contributed by atoms with Crippen molar-refractivity contribution < 1.29 is 4.42 Å². The van der Waals surface area contributed by atoms with Gasteiger partial charge in [0.25, 0.3) is 0 Å². The van der Waals surface area contributed by atoms with Crippen molar-refractivity contribution in [3.8, 4) is 22.6 Å². The molecule has 1 N–H and O–H groups in total. The number of hydrogen-bond donors (Lipinski definition) is 1. The van der Waals surface area contributed by atoms with E-state index in [1.54, 1.807) is 0 Å². The van der Waals surface area contributed by atoms with E-state index in [2.05, 4.69) is 84.5 Å². The van der Waals surface area contributed by atoms with Crippen molar-refractivity contribution in [2.75, 3.05) is 18.4 Å². The molecule has 43 heavy (non-hydrogen) atoms. The highest BCUT2D eigenvalue weighted by Gasteiger charge is 2.19. The van der Waals surface area contributed by atoms with E-state index in [0.29, 0.717) is 16.5 Å². The minimum Gasteiger partial charge on any atom is -0.434 e. The maximum absolute atomic E-state index is 6.70. The SMILES string of the molecule is CCc1cnc2c(Nc3cccc(-c4cccc(-c5nc6cc(CN7CCCC7)cc(Cl)c6o5)c4C)c3C)nccc2c1. The van der Waals surface area contributed by atoms with Gasteiger partial charge < -0.3 is 9.73 Å². The van der Waals surface area contributed by atoms with E-state index < -0.39 is 0 Å². The Morgan fingerprint density at radius 3 is 2.47 bits per heavy atom. The minimum absolute atomic E-state index is 0.582. The fraction of sp³-hybridized carbons (Fsp3) is 0.250. The van der Waals surface area contributed by atoms with Crippen LogP contribution in [0, 0.1) is 13.8 Å². The highest BCUT2D eigenvalue weighted by atomic mass is 35.5. The number of rotatable bonds is 7. The van der Waals surface area contributed by atoms with Crippen LogP contribution in [0.5, 0.6) is 0 Å². The first-order valence-electron chi connectivity index (χ1n) is 15.0. The van der Waals surface area contributed by atoms with E-state index in [-0.39, 0.29) is 0 Å². The molecule has 3 aromatic carbocycles. The van der Waals surface area contributed by atoms with Crippen LogP contribution in [-0.2, 0) is 13.0 Å². The number of fused-ring (bicyclic) bond motifs is 2. The summed E-state index contributed by atoms with van der Waals surface area (Å²) in [5.41, 5.74) is 11.1. The van der Waals surface area contributed by atoms with E-state index in [4.69, 9.17) is 26.0 Å². The third kappa shape index (κ3) is 5.26. The third-order valence-electron chi connectivity index (χ3n) is 8.61. The lowest BCUT2D eigenvalue weighted by Crippen LogP contribution is -2.18. The van der Waals surface area contributed by atoms with Gasteiger partial charge >= 0.3 is 0 Å². The highest BCUT2D eigenvalue weighted by molar-refractivity contribution is 6.34. The molecule has 0 atom stereocenters. The Labute approximate surface area is 256 Å². The van der Waals surface area contributed by atoms with E-state index in [0.717, 1.165) is 81.8 Å². The lowest BCUT2D eigenvalue weighted by molar-refractivity contribution is 0.331. The van der Waals surface area contributed by atoms with Gasteiger partial charge in [-0.15, -0.1) is 0 Å². The average Bonchev–Trinajstić information content (AvgIpc) is 3.69. The number of pyridine rings is 2. The zero-order valence-corrected chi connectivity index (χ0v) is 25.5. The van der Waals surface area contributed by atoms with Crippen molar-refractivity contribution in [2.45, 2.75) is 46.6 Å². The van der Waals surface area contributed by atoms with Crippen molar-refractivity contribution in [1.29, 1.82) is 0 Å². The number of benzene rings is 3. The number of nitrogens with one attached hydrogen (secondary N) is 1. The largest absolute Gasteiger partial charge is 0.434 e. The predicted octanol–water partition coefficient (Wildman–Crippen LogP) is 9.28. The number of hydrogen-bond acceptors (Lipinski definition) is 6. The van der Waals surface area contributed by atoms with Gasteiger partial charge in [0.1, 0.15) is 11.0 Å². The highest BCUT2D eigenvalue weighted by Crippen LogP contribution is 2.38. The van der Waals surface area contributed by atoms with Crippen LogP contribution in [-0.4, -0.2) is 32.9 Å². The van der Waals surface area contributed by atoms with Crippen molar-refractivity contribution >= 4 is 45.1 Å². The molecular formula is C36H34ClN5O. The third-order valence-corrected chi connectivity index (χ3v) is 8.90. The predicted molar refractivity (Wildman–Crippen MR) is 176 cm³/mol. The molecule has 7 rings (SSSR count). The van der Waals surface area contributed by atoms with Crippen LogP contribution in [0.3, 0.4) is 0 Å². The Kier molecular flexibility index (Phi) is 7.33. The van der Waals surface area contributed by atoms with E-state index in [1.165, 1.54) is 24.0 Å². The molecule has 0 amide bonds. The van der Waals surface area contributed by atoms with Crippen molar-refractivity contribution in [3.63, 3.8) is 0 Å². The van der Waals surface area contributed by atoms with Gasteiger partial charge in [0, 0.05) is 35.6 Å². The Bertz CT molecular complexity index is 1980. The van der Waals surface area contributed by atoms with Gasteiger partial charge in [-0.1, -0.05) is 42.8 Å². The molecule has 1 aliphatic rings. The summed E-state index contributed by atoms with van der Waals surface area (Å²) in [7, 11) is 0. The van der Waals surface area contributed by atoms with Crippen LogP contribution in [0.2, 0.25) is 5.02 Å². The molecule has 7 heteroatoms. The summed E-state index contributed by atoms with van der Waals surface area (Å²) >= 11 is 6.70. The molecule has 6 aromatic rings. The van der Waals surface area contributed by atoms with E-state index in [9.17, 15) is 0 Å². The van der Waals surface area contributed by atoms with Crippen molar-refractivity contribution in [3.05, 3.63) is 100 Å². The summed E-state index contributed by atoms with van der Waals surface area (Å²) in [6, 6.07) is 20.9. The number of aromatic nitrogens is 3. The first kappa shape index (κ1) is 27.6. The number of nitrogens with zero attached hydrogens (tertiary/aromatic N) is 4. The number of likely N-dealkylation sites (tertiary alicyclic amines) is 1. The summed E-state index contributed by atoms with van der Waals surface area (Å²) in [5.74, 6) is 1.33. The van der Waals surface area contributed by atoms with Crippen LogP contribution in [0.1, 0.15) is 42.0 Å². The van der Waals surface area contributed by atoms with E-state index in [1.807, 2.05) is 24.5 Å². The summed E-state index contributed by atoms with van der Waals surface area (Å²) in [4.78, 5) is 16.7. The monoisotopic (exact) mass is 587 g/mol. The molecule has 4 heterocycles. The van der Waals surface area contributed by atoms with Crippen LogP contribution in [0.15, 0.2) is 77.5 Å². The second-order valence-corrected chi connectivity index (χ2v) is 11.8. The van der Waals surface area contributed by atoms with Crippen LogP contribution in [0.25, 0.3) is 44.6 Å². The summed E-state index contributed by atoms with van der Waals surface area (Å²) < 4.78 is 6.29. The summed E-state index contributed by atoms with van der Waals surface area (Å²) in [6.07, 6.45) is 7.23. The second-order valence-electron chi connectivity index (χ2n) is 11.4. The molecule has 1 fully saturated rings. The summed E-state index contributed by atoms with van der Waals surface area (Å²) in [6.45, 7) is 9.56. The molecule has 0 aliphatic carbocycles. The smallest absolute Gasteiger partial charge is 0.227 e. The lowest BCUT2D eigenvalue weighted by atomic mass is 9.93. The van der Waals surface area contributed by atoms with Crippen LogP contribution >= 0.6 is 11.6 Å². The fourth-order valence-corrected chi connectivity index (χ4v) is 6.47. The maximum Gasteiger partial charge on any atom is 0.227 e. The number of oxazole rings is 1. The van der Waals surface area contributed by atoms with Gasteiger partial charge in [-0.2, -0.15) is 0 Å². The topological polar surface area (TPSA) is 67.1 Å². The second kappa shape index (κ2) is 11.4. The van der Waals surface area contributed by atoms with Gasteiger partial charge in [0.2, 0.25) is 5.89 Å². The Hall–Kier alpha value is -4.26. The fourth-order valence-electron chi connectivity index (χ4n) is 6.19. The van der Waals surface area contributed by atoms with E-state index >= 15 is 0 Å². The Morgan fingerprint density at radius 2 is 1.65 bits per heavy atom. The minimum atomic E-state index is 0.582. The van der Waals surface area contributed by atoms with Crippen molar-refractivity contribution in [1.82, 2.24) is 19.9 Å². The number of anilines is 2. The molecular weight excluding hydrogens is 554 g/mol. The molecule has 216 valence electrons. The van der Waals surface area contributed by atoms with Crippen LogP contribution in [0.4, 0.5) is 11.5 Å². The average molecular weight is 588 g/mol. The molecule has 0 unspecified atom stereocenters. The molecule has 6 nitrogen and oxygen atoms in total. The first-order valence-corrected chi connectivity index (χ1v) is 15.4. The summed E-state index contributed by atoms with van der Waals surface area (Å²) in [5, 5.41) is 5.25. The molecule has 0 bridgehead atoms. The zero-order chi connectivity index (χ0) is 29.5. The van der Waals surface area contributed by atoms with Gasteiger partial charge in [-0.05, 0) is 116 Å². The Morgan fingerprint density at radius 1 is 0.884 bits per heavy atom.